The molecule has 1 N–H and O–H groups in total. The number of hydrogen-bond acceptors (Lipinski definition) is 6. The summed E-state index contributed by atoms with van der Waals surface area (Å²) in [5.41, 5.74) is 0. The summed E-state index contributed by atoms with van der Waals surface area (Å²) in [6.45, 7) is 5.40. The van der Waals surface area contributed by atoms with Gasteiger partial charge in [0.05, 0.1) is 12.6 Å². The number of nitrogens with zero attached hydrogens (tertiary/aromatic N) is 3. The second kappa shape index (κ2) is 6.70. The predicted molar refractivity (Wildman–Crippen MR) is 68.5 cm³/mol. The number of ether oxygens (including phenoxy) is 1. The second-order valence-electron chi connectivity index (χ2n) is 4.67. The molecular formula is C12H22N4O2. The largest absolute Gasteiger partial charge is 0.407 e. The first-order chi connectivity index (χ1) is 8.79. The lowest BCUT2D eigenvalue weighted by atomic mass is 10.2. The minimum absolute atomic E-state index is 0.295. The Hall–Kier alpha value is -1.14. The van der Waals surface area contributed by atoms with Crippen molar-refractivity contribution in [2.24, 2.45) is 0 Å². The van der Waals surface area contributed by atoms with E-state index >= 15 is 0 Å². The summed E-state index contributed by atoms with van der Waals surface area (Å²) in [5, 5.41) is 11.3. The van der Waals surface area contributed by atoms with Gasteiger partial charge in [-0.15, -0.1) is 5.10 Å². The average molecular weight is 254 g/mol. The van der Waals surface area contributed by atoms with Gasteiger partial charge in [-0.3, -0.25) is 0 Å². The van der Waals surface area contributed by atoms with Gasteiger partial charge >= 0.3 is 6.01 Å². The molecule has 1 aromatic rings. The number of rotatable bonds is 7. The summed E-state index contributed by atoms with van der Waals surface area (Å²) in [4.78, 5) is 1.96. The van der Waals surface area contributed by atoms with Crippen molar-refractivity contribution in [1.82, 2.24) is 15.5 Å². The average Bonchev–Trinajstić information content (AvgIpc) is 3.00. The molecule has 2 rings (SSSR count). The zero-order chi connectivity index (χ0) is 12.8. The first kappa shape index (κ1) is 13.3. The molecule has 0 saturated carbocycles. The molecule has 6 nitrogen and oxygen atoms in total. The highest BCUT2D eigenvalue weighted by Gasteiger charge is 2.20. The van der Waals surface area contributed by atoms with Crippen molar-refractivity contribution in [2.75, 3.05) is 31.6 Å². The van der Waals surface area contributed by atoms with Crippen LogP contribution in [-0.4, -0.2) is 43.0 Å². The Labute approximate surface area is 108 Å². The third-order valence-electron chi connectivity index (χ3n) is 2.99. The summed E-state index contributed by atoms with van der Waals surface area (Å²) in [7, 11) is 1.96. The third-order valence-corrected chi connectivity index (χ3v) is 2.99. The second-order valence-corrected chi connectivity index (χ2v) is 4.67. The van der Waals surface area contributed by atoms with Crippen molar-refractivity contribution in [1.29, 1.82) is 0 Å². The van der Waals surface area contributed by atoms with Gasteiger partial charge in [0.25, 0.3) is 0 Å². The highest BCUT2D eigenvalue weighted by molar-refractivity contribution is 5.22. The Morgan fingerprint density at radius 2 is 2.33 bits per heavy atom. The number of hydrogen-bond donors (Lipinski definition) is 1. The van der Waals surface area contributed by atoms with Crippen molar-refractivity contribution >= 4 is 6.01 Å². The summed E-state index contributed by atoms with van der Waals surface area (Å²) in [6.07, 6.45) is 3.65. The Kier molecular flexibility index (Phi) is 4.95. The molecule has 6 heteroatoms. The van der Waals surface area contributed by atoms with Crippen molar-refractivity contribution in [2.45, 2.75) is 38.8 Å². The van der Waals surface area contributed by atoms with Crippen molar-refractivity contribution in [3.63, 3.8) is 0 Å². The van der Waals surface area contributed by atoms with Crippen molar-refractivity contribution in [3.05, 3.63) is 5.89 Å². The first-order valence-corrected chi connectivity index (χ1v) is 6.65. The van der Waals surface area contributed by atoms with E-state index < -0.39 is 0 Å². The maximum absolute atomic E-state index is 5.59. The molecule has 1 fully saturated rings. The van der Waals surface area contributed by atoms with Crippen molar-refractivity contribution in [3.8, 4) is 0 Å². The van der Waals surface area contributed by atoms with Crippen LogP contribution in [0.3, 0.4) is 0 Å². The molecule has 1 atom stereocenters. The van der Waals surface area contributed by atoms with Crippen LogP contribution < -0.4 is 10.2 Å². The fourth-order valence-corrected chi connectivity index (χ4v) is 2.01. The molecular weight excluding hydrogens is 232 g/mol. The molecule has 102 valence electrons. The lowest BCUT2D eigenvalue weighted by Crippen LogP contribution is -2.28. The number of anilines is 1. The zero-order valence-electron chi connectivity index (χ0n) is 11.2. The molecule has 0 bridgehead atoms. The first-order valence-electron chi connectivity index (χ1n) is 6.65. The van der Waals surface area contributed by atoms with E-state index in [2.05, 4.69) is 22.4 Å². The van der Waals surface area contributed by atoms with Crippen LogP contribution in [0.2, 0.25) is 0 Å². The number of aromatic nitrogens is 2. The van der Waals surface area contributed by atoms with Gasteiger partial charge in [0.15, 0.2) is 0 Å². The molecule has 1 aromatic heterocycles. The van der Waals surface area contributed by atoms with E-state index in [1.54, 1.807) is 0 Å². The predicted octanol–water partition coefficient (Wildman–Crippen LogP) is 1.18. The van der Waals surface area contributed by atoms with E-state index in [1.165, 1.54) is 0 Å². The van der Waals surface area contributed by atoms with Crippen LogP contribution in [0.5, 0.6) is 0 Å². The number of nitrogens with one attached hydrogen (secondary N) is 1. The van der Waals surface area contributed by atoms with E-state index in [4.69, 9.17) is 9.15 Å². The molecule has 1 aliphatic rings. The Morgan fingerprint density at radius 3 is 3.06 bits per heavy atom. The van der Waals surface area contributed by atoms with Gasteiger partial charge in [-0.1, -0.05) is 12.0 Å². The Balaban J connectivity index is 1.80. The van der Waals surface area contributed by atoms with E-state index in [9.17, 15) is 0 Å². The molecule has 1 saturated heterocycles. The van der Waals surface area contributed by atoms with Gasteiger partial charge < -0.3 is 19.4 Å². The standard InChI is InChI=1S/C12H22N4O2/c1-3-6-13-8-11-14-15-12(18-11)16(2)9-10-5-4-7-17-10/h10,13H,3-9H2,1-2H3. The summed E-state index contributed by atoms with van der Waals surface area (Å²) < 4.78 is 11.2. The lowest BCUT2D eigenvalue weighted by molar-refractivity contribution is 0.115. The lowest BCUT2D eigenvalue weighted by Gasteiger charge is -2.17. The van der Waals surface area contributed by atoms with Crippen LogP contribution in [-0.2, 0) is 11.3 Å². The minimum atomic E-state index is 0.295. The monoisotopic (exact) mass is 254 g/mol. The highest BCUT2D eigenvalue weighted by Crippen LogP contribution is 2.16. The Morgan fingerprint density at radius 1 is 1.44 bits per heavy atom. The molecule has 0 amide bonds. The van der Waals surface area contributed by atoms with E-state index in [0.717, 1.165) is 39.0 Å². The molecule has 0 aliphatic carbocycles. The summed E-state index contributed by atoms with van der Waals surface area (Å²) in [6, 6.07) is 0.568. The van der Waals surface area contributed by atoms with Crippen LogP contribution in [0.4, 0.5) is 6.01 Å². The van der Waals surface area contributed by atoms with E-state index in [1.807, 2.05) is 11.9 Å². The van der Waals surface area contributed by atoms with Gasteiger partial charge in [-0.2, -0.15) is 0 Å². The molecule has 18 heavy (non-hydrogen) atoms. The van der Waals surface area contributed by atoms with Crippen LogP contribution in [0, 0.1) is 0 Å². The third kappa shape index (κ3) is 3.68. The summed E-state index contributed by atoms with van der Waals surface area (Å²) in [5.74, 6) is 0.637. The van der Waals surface area contributed by atoms with E-state index in [-0.39, 0.29) is 0 Å². The smallest absolute Gasteiger partial charge is 0.318 e. The highest BCUT2D eigenvalue weighted by atomic mass is 16.5. The molecule has 1 unspecified atom stereocenters. The molecule has 0 spiro atoms. The van der Waals surface area contributed by atoms with Gasteiger partial charge in [-0.25, -0.2) is 0 Å². The molecule has 0 radical (unpaired) electrons. The minimum Gasteiger partial charge on any atom is -0.407 e. The van der Waals surface area contributed by atoms with Crippen LogP contribution >= 0.6 is 0 Å². The van der Waals surface area contributed by atoms with Crippen LogP contribution in [0.15, 0.2) is 4.42 Å². The molecule has 0 aromatic carbocycles. The van der Waals surface area contributed by atoms with Gasteiger partial charge in [0, 0.05) is 20.2 Å². The van der Waals surface area contributed by atoms with Gasteiger partial charge in [0.2, 0.25) is 5.89 Å². The SMILES string of the molecule is CCCNCc1nnc(N(C)CC2CCCO2)o1. The quantitative estimate of drug-likeness (QED) is 0.737. The van der Waals surface area contributed by atoms with Crippen molar-refractivity contribution < 1.29 is 9.15 Å². The van der Waals surface area contributed by atoms with Crippen LogP contribution in [0.25, 0.3) is 0 Å². The van der Waals surface area contributed by atoms with Gasteiger partial charge in [0.1, 0.15) is 0 Å². The maximum atomic E-state index is 5.59. The van der Waals surface area contributed by atoms with E-state index in [0.29, 0.717) is 24.6 Å². The van der Waals surface area contributed by atoms with Gasteiger partial charge in [-0.05, 0) is 25.8 Å². The summed E-state index contributed by atoms with van der Waals surface area (Å²) >= 11 is 0. The number of likely N-dealkylation sites (N-methyl/N-ethyl adjacent to an activating group) is 1. The molecule has 2 heterocycles. The Bertz CT molecular complexity index is 350. The molecule has 1 aliphatic heterocycles. The fraction of sp³-hybridized carbons (Fsp3) is 0.833. The van der Waals surface area contributed by atoms with Crippen LogP contribution in [0.1, 0.15) is 32.1 Å². The normalized spacial score (nSPS) is 19.3. The fourth-order valence-electron chi connectivity index (χ4n) is 2.01. The maximum Gasteiger partial charge on any atom is 0.318 e. The topological polar surface area (TPSA) is 63.4 Å². The zero-order valence-corrected chi connectivity index (χ0v) is 11.2.